The number of Topliss-reactive ketones (excluding diaryl/α,β-unsaturated/α-hetero) is 1. The molecule has 1 fully saturated rings. The summed E-state index contributed by atoms with van der Waals surface area (Å²) in [6.07, 6.45) is 3.12. The molecule has 4 aromatic rings. The maximum absolute atomic E-state index is 13.6. The Morgan fingerprint density at radius 2 is 1.73 bits per heavy atom. The third-order valence-electron chi connectivity index (χ3n) is 6.99. The van der Waals surface area contributed by atoms with Crippen molar-refractivity contribution in [1.82, 2.24) is 10.2 Å². The Morgan fingerprint density at radius 1 is 1.00 bits per heavy atom. The zero-order chi connectivity index (χ0) is 31.2. The lowest BCUT2D eigenvalue weighted by molar-refractivity contribution is -0.132. The molecule has 1 N–H and O–H groups in total. The van der Waals surface area contributed by atoms with E-state index in [4.69, 9.17) is 32.7 Å². The summed E-state index contributed by atoms with van der Waals surface area (Å²) < 4.78 is 11.7. The van der Waals surface area contributed by atoms with Gasteiger partial charge in [-0.15, -0.1) is 10.2 Å². The number of anilines is 1. The van der Waals surface area contributed by atoms with Crippen molar-refractivity contribution in [3.63, 3.8) is 0 Å². The minimum Gasteiger partial charge on any atom is -0.507 e. The third-order valence-corrected chi connectivity index (χ3v) is 9.68. The van der Waals surface area contributed by atoms with Crippen molar-refractivity contribution in [2.45, 2.75) is 42.3 Å². The van der Waals surface area contributed by atoms with Crippen LogP contribution in [0, 0.1) is 0 Å². The van der Waals surface area contributed by atoms with Gasteiger partial charge < -0.3 is 14.6 Å². The molecule has 2 heterocycles. The zero-order valence-electron chi connectivity index (χ0n) is 24.0. The number of ketones is 1. The first-order chi connectivity index (χ1) is 21.3. The van der Waals surface area contributed by atoms with E-state index in [1.165, 1.54) is 35.1 Å². The topological polar surface area (TPSA) is 102 Å². The van der Waals surface area contributed by atoms with Crippen molar-refractivity contribution in [3.05, 3.63) is 99.0 Å². The van der Waals surface area contributed by atoms with Crippen LogP contribution in [-0.2, 0) is 15.3 Å². The number of methoxy groups -OCH3 is 1. The molecule has 44 heavy (non-hydrogen) atoms. The molecule has 228 valence electrons. The predicted octanol–water partition coefficient (Wildman–Crippen LogP) is 8.34. The molecule has 1 saturated heterocycles. The van der Waals surface area contributed by atoms with E-state index in [9.17, 15) is 14.7 Å². The van der Waals surface area contributed by atoms with E-state index in [0.29, 0.717) is 49.4 Å². The average Bonchev–Trinajstić information content (AvgIpc) is 3.60. The first kappa shape index (κ1) is 31.8. The molecule has 0 radical (unpaired) electrons. The number of ether oxygens (including phenoxy) is 2. The fraction of sp³-hybridized carbons (Fsp3) is 0.250. The van der Waals surface area contributed by atoms with Gasteiger partial charge in [-0.1, -0.05) is 84.3 Å². The number of hydrogen-bond donors (Lipinski definition) is 1. The fourth-order valence-corrected chi connectivity index (χ4v) is 7.10. The average molecular weight is 671 g/mol. The van der Waals surface area contributed by atoms with Crippen LogP contribution in [0.15, 0.2) is 76.6 Å². The van der Waals surface area contributed by atoms with Crippen molar-refractivity contribution >= 4 is 68.9 Å². The van der Waals surface area contributed by atoms with Crippen molar-refractivity contribution in [3.8, 4) is 11.5 Å². The molecule has 0 bridgehead atoms. The molecule has 0 spiro atoms. The Hall–Kier alpha value is -3.57. The van der Waals surface area contributed by atoms with Crippen LogP contribution in [0.3, 0.4) is 0 Å². The number of thioether (sulfide) groups is 1. The van der Waals surface area contributed by atoms with Gasteiger partial charge >= 0.3 is 5.91 Å². The molecule has 1 aromatic heterocycles. The summed E-state index contributed by atoms with van der Waals surface area (Å²) in [7, 11) is 1.54. The maximum atomic E-state index is 13.6. The highest BCUT2D eigenvalue weighted by molar-refractivity contribution is 8.00. The van der Waals surface area contributed by atoms with Gasteiger partial charge in [0, 0.05) is 21.4 Å². The van der Waals surface area contributed by atoms with Crippen LogP contribution in [0.2, 0.25) is 10.0 Å². The standard InChI is InChI=1S/C32H29Cl2N3O5S2/c1-3-4-5-16-42-24-14-7-19(8-15-24)27-26(28(38)20-9-12-23(41-2)13-10-20)29(39)30(40)37(27)31-35-36-32(44-31)43-18-21-6-11-22(33)17-25(21)34/h6-15,17,27,38H,3-5,16,18H2,1-2H3/b28-26-. The van der Waals surface area contributed by atoms with Gasteiger partial charge in [0.15, 0.2) is 4.34 Å². The minimum atomic E-state index is -0.942. The first-order valence-corrected chi connectivity index (χ1v) is 16.4. The van der Waals surface area contributed by atoms with Crippen molar-refractivity contribution < 1.29 is 24.2 Å². The van der Waals surface area contributed by atoms with E-state index < -0.39 is 17.7 Å². The van der Waals surface area contributed by atoms with Crippen LogP contribution in [0.4, 0.5) is 5.13 Å². The van der Waals surface area contributed by atoms with Crippen LogP contribution in [-0.4, -0.2) is 40.7 Å². The van der Waals surface area contributed by atoms with E-state index in [0.717, 1.165) is 24.8 Å². The number of amides is 1. The van der Waals surface area contributed by atoms with Crippen molar-refractivity contribution in [2.75, 3.05) is 18.6 Å². The molecule has 1 unspecified atom stereocenters. The Kier molecular flexibility index (Phi) is 10.5. The van der Waals surface area contributed by atoms with Gasteiger partial charge in [-0.25, -0.2) is 0 Å². The lowest BCUT2D eigenvalue weighted by atomic mass is 9.95. The number of carbonyl (C=O) groups excluding carboxylic acids is 2. The van der Waals surface area contributed by atoms with Crippen LogP contribution in [0.5, 0.6) is 11.5 Å². The second-order valence-electron chi connectivity index (χ2n) is 9.90. The molecule has 1 aliphatic heterocycles. The largest absolute Gasteiger partial charge is 0.507 e. The van der Waals surface area contributed by atoms with Gasteiger partial charge in [-0.2, -0.15) is 0 Å². The van der Waals surface area contributed by atoms with E-state index in [2.05, 4.69) is 17.1 Å². The number of hydrogen-bond acceptors (Lipinski definition) is 9. The third kappa shape index (κ3) is 7.04. The fourth-order valence-electron chi connectivity index (χ4n) is 4.67. The number of benzene rings is 3. The van der Waals surface area contributed by atoms with Crippen LogP contribution in [0.25, 0.3) is 5.76 Å². The molecule has 1 amide bonds. The number of aliphatic hydroxyl groups excluding tert-OH is 1. The quantitative estimate of drug-likeness (QED) is 0.0401. The number of halogens is 2. The van der Waals surface area contributed by atoms with Crippen molar-refractivity contribution in [2.24, 2.45) is 0 Å². The minimum absolute atomic E-state index is 0.0471. The molecule has 0 aliphatic carbocycles. The van der Waals surface area contributed by atoms with E-state index >= 15 is 0 Å². The number of aliphatic hydroxyl groups is 1. The van der Waals surface area contributed by atoms with Crippen LogP contribution in [0.1, 0.15) is 48.9 Å². The lowest BCUT2D eigenvalue weighted by Gasteiger charge is -2.22. The van der Waals surface area contributed by atoms with Gasteiger partial charge in [0.25, 0.3) is 5.78 Å². The first-order valence-electron chi connectivity index (χ1n) is 13.9. The van der Waals surface area contributed by atoms with E-state index in [1.807, 2.05) is 6.07 Å². The Morgan fingerprint density at radius 3 is 2.41 bits per heavy atom. The second kappa shape index (κ2) is 14.5. The Balaban J connectivity index is 1.48. The lowest BCUT2D eigenvalue weighted by Crippen LogP contribution is -2.29. The highest BCUT2D eigenvalue weighted by atomic mass is 35.5. The van der Waals surface area contributed by atoms with Gasteiger partial charge in [-0.05, 0) is 66.1 Å². The highest BCUT2D eigenvalue weighted by Crippen LogP contribution is 2.44. The molecule has 1 atom stereocenters. The summed E-state index contributed by atoms with van der Waals surface area (Å²) in [5.41, 5.74) is 1.81. The Labute approximate surface area is 273 Å². The molecular weight excluding hydrogens is 641 g/mol. The van der Waals surface area contributed by atoms with E-state index in [1.54, 1.807) is 60.7 Å². The summed E-state index contributed by atoms with van der Waals surface area (Å²) in [5, 5.41) is 21.3. The summed E-state index contributed by atoms with van der Waals surface area (Å²) in [4.78, 5) is 28.4. The summed E-state index contributed by atoms with van der Waals surface area (Å²) in [6.45, 7) is 2.72. The number of carbonyl (C=O) groups is 2. The number of aromatic nitrogens is 2. The van der Waals surface area contributed by atoms with Gasteiger partial charge in [-0.3, -0.25) is 14.5 Å². The van der Waals surface area contributed by atoms with Gasteiger partial charge in [0.2, 0.25) is 5.13 Å². The highest BCUT2D eigenvalue weighted by Gasteiger charge is 2.48. The molecule has 8 nitrogen and oxygen atoms in total. The van der Waals surface area contributed by atoms with Gasteiger partial charge in [0.1, 0.15) is 17.3 Å². The zero-order valence-corrected chi connectivity index (χ0v) is 27.1. The molecule has 12 heteroatoms. The molecule has 1 aliphatic rings. The normalized spacial score (nSPS) is 16.0. The van der Waals surface area contributed by atoms with E-state index in [-0.39, 0.29) is 16.5 Å². The summed E-state index contributed by atoms with van der Waals surface area (Å²) in [5.74, 6) is -0.155. The van der Waals surface area contributed by atoms with Gasteiger partial charge in [0.05, 0.1) is 25.3 Å². The molecule has 5 rings (SSSR count). The smallest absolute Gasteiger partial charge is 0.301 e. The SMILES string of the molecule is CCCCCOc1ccc(C2/C(=C(/O)c3ccc(OC)cc3)C(=O)C(=O)N2c2nnc(SCc3ccc(Cl)cc3Cl)s2)cc1. The number of unbranched alkanes of at least 4 members (excludes halogenated alkanes) is 2. The Bertz CT molecular complexity index is 1680. The monoisotopic (exact) mass is 669 g/mol. The summed E-state index contributed by atoms with van der Waals surface area (Å²) >= 11 is 14.9. The van der Waals surface area contributed by atoms with Crippen molar-refractivity contribution in [1.29, 1.82) is 0 Å². The van der Waals surface area contributed by atoms with Crippen LogP contribution >= 0.6 is 46.3 Å². The maximum Gasteiger partial charge on any atom is 0.301 e. The molecule has 3 aromatic carbocycles. The van der Waals surface area contributed by atoms with Crippen LogP contribution < -0.4 is 14.4 Å². The molecule has 0 saturated carbocycles. The predicted molar refractivity (Wildman–Crippen MR) is 175 cm³/mol. The second-order valence-corrected chi connectivity index (χ2v) is 12.9. The summed E-state index contributed by atoms with van der Waals surface area (Å²) in [6, 6.07) is 18.1. The molecular formula is C32H29Cl2N3O5S2. The number of nitrogens with zero attached hydrogens (tertiary/aromatic N) is 3. The number of rotatable bonds is 12.